The van der Waals surface area contributed by atoms with Crippen molar-refractivity contribution in [2.24, 2.45) is 7.05 Å². The van der Waals surface area contributed by atoms with Crippen LogP contribution in [0.25, 0.3) is 0 Å². The maximum atomic E-state index is 13.9. The van der Waals surface area contributed by atoms with Crippen molar-refractivity contribution in [1.82, 2.24) is 9.29 Å². The molecular weight excluding hydrogens is 378 g/mol. The number of amides is 1. The number of benzene rings is 1. The molecule has 1 aromatic heterocycles. The topological polar surface area (TPSA) is 80.2 Å². The maximum Gasteiger partial charge on any atom is 0.272 e. The molecule has 0 bridgehead atoms. The van der Waals surface area contributed by atoms with Gasteiger partial charge in [0.25, 0.3) is 11.8 Å². The van der Waals surface area contributed by atoms with Crippen LogP contribution in [0.1, 0.15) is 16.1 Å². The summed E-state index contributed by atoms with van der Waals surface area (Å²) in [7, 11) is -2.89. The third-order valence-corrected chi connectivity index (χ3v) is 5.34. The Labute approximate surface area is 145 Å². The number of aromatic nitrogens is 1. The molecule has 0 saturated heterocycles. The van der Waals surface area contributed by atoms with Crippen molar-refractivity contribution in [2.75, 3.05) is 11.9 Å². The van der Waals surface area contributed by atoms with Gasteiger partial charge in [0.2, 0.25) is 10.0 Å². The van der Waals surface area contributed by atoms with E-state index in [1.54, 1.807) is 4.72 Å². The molecule has 0 spiro atoms. The van der Waals surface area contributed by atoms with Crippen LogP contribution in [-0.4, -0.2) is 31.4 Å². The highest BCUT2D eigenvalue weighted by Gasteiger charge is 2.41. The van der Waals surface area contributed by atoms with Crippen LogP contribution in [0.2, 0.25) is 0 Å². The number of halogens is 4. The molecule has 1 amide bonds. The molecule has 2 N–H and O–H groups in total. The zero-order valence-electron chi connectivity index (χ0n) is 13.3. The SMILES string of the molecule is Cn1cc2c(c1C(=O)Nc1ccc(F)c(F)c1)CC(F)(F)CNS2(=O)=O. The van der Waals surface area contributed by atoms with Gasteiger partial charge in [0.1, 0.15) is 10.6 Å². The predicted octanol–water partition coefficient (Wildman–Crippen LogP) is 2.03. The largest absolute Gasteiger partial charge is 0.345 e. The lowest BCUT2D eigenvalue weighted by molar-refractivity contribution is 0.00833. The van der Waals surface area contributed by atoms with Gasteiger partial charge >= 0.3 is 0 Å². The highest BCUT2D eigenvalue weighted by atomic mass is 32.2. The fraction of sp³-hybridized carbons (Fsp3) is 0.267. The Hall–Kier alpha value is -2.40. The fourth-order valence-electron chi connectivity index (χ4n) is 2.71. The number of hydrogen-bond acceptors (Lipinski definition) is 3. The molecule has 0 atom stereocenters. The lowest BCUT2D eigenvalue weighted by atomic mass is 10.1. The van der Waals surface area contributed by atoms with Gasteiger partial charge in [0.05, 0.1) is 6.54 Å². The third-order valence-electron chi connectivity index (χ3n) is 3.89. The molecule has 0 unspecified atom stereocenters. The monoisotopic (exact) mass is 391 g/mol. The van der Waals surface area contributed by atoms with Crippen molar-refractivity contribution in [3.63, 3.8) is 0 Å². The van der Waals surface area contributed by atoms with E-state index in [2.05, 4.69) is 5.32 Å². The van der Waals surface area contributed by atoms with Gasteiger partial charge in [-0.25, -0.2) is 30.7 Å². The van der Waals surface area contributed by atoms with Gasteiger partial charge in [0, 0.05) is 37.0 Å². The van der Waals surface area contributed by atoms with Crippen LogP contribution in [0.15, 0.2) is 29.3 Å². The van der Waals surface area contributed by atoms with E-state index in [9.17, 15) is 30.8 Å². The van der Waals surface area contributed by atoms with E-state index >= 15 is 0 Å². The van der Waals surface area contributed by atoms with Gasteiger partial charge in [0.15, 0.2) is 11.6 Å². The van der Waals surface area contributed by atoms with Gasteiger partial charge in [-0.1, -0.05) is 0 Å². The number of aryl methyl sites for hydroxylation is 1. The van der Waals surface area contributed by atoms with E-state index in [4.69, 9.17) is 0 Å². The summed E-state index contributed by atoms with van der Waals surface area (Å²) in [6, 6.07) is 2.60. The number of rotatable bonds is 2. The summed E-state index contributed by atoms with van der Waals surface area (Å²) in [4.78, 5) is 12.1. The zero-order chi connectivity index (χ0) is 19.3. The summed E-state index contributed by atoms with van der Waals surface area (Å²) in [6.07, 6.45) is 0.0924. The molecule has 3 rings (SSSR count). The average molecular weight is 391 g/mol. The molecule has 11 heteroatoms. The first kappa shape index (κ1) is 18.4. The standard InChI is InChI=1S/C15H13F4N3O3S/c1-22-6-12-9(5-15(18,19)7-20-26(12,24)25)13(22)14(23)21-8-2-3-10(16)11(17)4-8/h2-4,6,20H,5,7H2,1H3,(H,21,23). The highest BCUT2D eigenvalue weighted by molar-refractivity contribution is 7.89. The van der Waals surface area contributed by atoms with Crippen LogP contribution in [-0.2, 0) is 23.5 Å². The number of fused-ring (bicyclic) bond motifs is 1. The molecule has 2 heterocycles. The van der Waals surface area contributed by atoms with Crippen LogP contribution >= 0.6 is 0 Å². The van der Waals surface area contributed by atoms with Gasteiger partial charge in [-0.05, 0) is 12.1 Å². The van der Waals surface area contributed by atoms with Crippen LogP contribution in [0.5, 0.6) is 0 Å². The van der Waals surface area contributed by atoms with E-state index in [-0.39, 0.29) is 16.9 Å². The molecular formula is C15H13F4N3O3S. The average Bonchev–Trinajstić information content (AvgIpc) is 2.81. The fourth-order valence-corrected chi connectivity index (χ4v) is 4.06. The summed E-state index contributed by atoms with van der Waals surface area (Å²) in [5.41, 5.74) is -0.760. The number of carbonyl (C=O) groups excluding carboxylic acids is 1. The van der Waals surface area contributed by atoms with Crippen molar-refractivity contribution in [3.05, 3.63) is 47.3 Å². The van der Waals surface area contributed by atoms with Crippen LogP contribution in [0, 0.1) is 11.6 Å². The van der Waals surface area contributed by atoms with Crippen molar-refractivity contribution < 1.29 is 30.8 Å². The quantitative estimate of drug-likeness (QED) is 0.769. The van der Waals surface area contributed by atoms with E-state index in [0.717, 1.165) is 29.0 Å². The zero-order valence-corrected chi connectivity index (χ0v) is 14.1. The lowest BCUT2D eigenvalue weighted by Crippen LogP contribution is -2.35. The number of anilines is 1. The second kappa shape index (κ2) is 6.09. The molecule has 6 nitrogen and oxygen atoms in total. The summed E-state index contributed by atoms with van der Waals surface area (Å²) >= 11 is 0. The Balaban J connectivity index is 2.04. The normalized spacial score (nSPS) is 18.0. The van der Waals surface area contributed by atoms with Crippen molar-refractivity contribution in [3.8, 4) is 0 Å². The lowest BCUT2D eigenvalue weighted by Gasteiger charge is -2.14. The summed E-state index contributed by atoms with van der Waals surface area (Å²) < 4.78 is 81.2. The minimum atomic E-state index is -4.21. The van der Waals surface area contributed by atoms with E-state index in [0.29, 0.717) is 0 Å². The number of carbonyl (C=O) groups is 1. The highest BCUT2D eigenvalue weighted by Crippen LogP contribution is 2.32. The van der Waals surface area contributed by atoms with Gasteiger partial charge in [-0.3, -0.25) is 4.79 Å². The second-order valence-electron chi connectivity index (χ2n) is 5.87. The van der Waals surface area contributed by atoms with Crippen LogP contribution in [0.3, 0.4) is 0 Å². The Bertz CT molecular complexity index is 1000. The maximum absolute atomic E-state index is 13.9. The van der Waals surface area contributed by atoms with Crippen molar-refractivity contribution >= 4 is 21.6 Å². The Kier molecular flexibility index (Phi) is 4.31. The first-order valence-electron chi connectivity index (χ1n) is 7.32. The van der Waals surface area contributed by atoms with E-state index in [1.807, 2.05) is 0 Å². The minimum Gasteiger partial charge on any atom is -0.345 e. The number of hydrogen-bond donors (Lipinski definition) is 2. The van der Waals surface area contributed by atoms with Gasteiger partial charge < -0.3 is 9.88 Å². The van der Waals surface area contributed by atoms with Crippen molar-refractivity contribution in [2.45, 2.75) is 17.2 Å². The van der Waals surface area contributed by atoms with E-state index < -0.39 is 51.3 Å². The molecule has 0 radical (unpaired) electrons. The summed E-state index contributed by atoms with van der Waals surface area (Å²) in [5.74, 6) is -6.64. The molecule has 1 aromatic carbocycles. The summed E-state index contributed by atoms with van der Waals surface area (Å²) in [6.45, 7) is -1.09. The van der Waals surface area contributed by atoms with Gasteiger partial charge in [-0.2, -0.15) is 0 Å². The summed E-state index contributed by atoms with van der Waals surface area (Å²) in [5, 5.41) is 2.25. The first-order chi connectivity index (χ1) is 12.0. The molecule has 26 heavy (non-hydrogen) atoms. The molecule has 1 aliphatic rings. The first-order valence-corrected chi connectivity index (χ1v) is 8.80. The van der Waals surface area contributed by atoms with Crippen LogP contribution in [0.4, 0.5) is 23.2 Å². The third kappa shape index (κ3) is 3.31. The smallest absolute Gasteiger partial charge is 0.272 e. The Morgan fingerprint density at radius 1 is 1.27 bits per heavy atom. The molecule has 1 aliphatic heterocycles. The number of nitrogens with zero attached hydrogens (tertiary/aromatic N) is 1. The Morgan fingerprint density at radius 3 is 2.62 bits per heavy atom. The second-order valence-corrected chi connectivity index (χ2v) is 7.61. The molecule has 0 saturated carbocycles. The minimum absolute atomic E-state index is 0.106. The van der Waals surface area contributed by atoms with Crippen LogP contribution < -0.4 is 10.0 Å². The van der Waals surface area contributed by atoms with Gasteiger partial charge in [-0.15, -0.1) is 0 Å². The number of nitrogens with one attached hydrogen (secondary N) is 2. The number of sulfonamides is 1. The van der Waals surface area contributed by atoms with Crippen molar-refractivity contribution in [1.29, 1.82) is 0 Å². The molecule has 0 fully saturated rings. The molecule has 140 valence electrons. The predicted molar refractivity (Wildman–Crippen MR) is 83.6 cm³/mol. The molecule has 2 aromatic rings. The molecule has 0 aliphatic carbocycles. The van der Waals surface area contributed by atoms with E-state index in [1.165, 1.54) is 7.05 Å². The number of alkyl halides is 2. The Morgan fingerprint density at radius 2 is 1.96 bits per heavy atom.